The summed E-state index contributed by atoms with van der Waals surface area (Å²) in [6.45, 7) is 10.6. The zero-order valence-corrected chi connectivity index (χ0v) is 10.8. The number of carbonyl (C=O) groups excluding carboxylic acids is 1. The van der Waals surface area contributed by atoms with Crippen LogP contribution in [0.15, 0.2) is 12.7 Å². The van der Waals surface area contributed by atoms with Gasteiger partial charge in [0.25, 0.3) is 0 Å². The Morgan fingerprint density at radius 2 is 1.88 bits per heavy atom. The zero-order chi connectivity index (χ0) is 13.4. The molecule has 0 radical (unpaired) electrons. The van der Waals surface area contributed by atoms with Crippen LogP contribution in [0.1, 0.15) is 20.8 Å². The Morgan fingerprint density at radius 3 is 2.24 bits per heavy atom. The van der Waals surface area contributed by atoms with Crippen molar-refractivity contribution in [2.45, 2.75) is 26.8 Å². The van der Waals surface area contributed by atoms with Gasteiger partial charge in [-0.1, -0.05) is 6.08 Å². The summed E-state index contributed by atoms with van der Waals surface area (Å²) in [4.78, 5) is 26.1. The molecule has 1 unspecified atom stereocenters. The minimum atomic E-state index is -0.939. The van der Waals surface area contributed by atoms with Gasteiger partial charge in [0.1, 0.15) is 0 Å². The molecule has 0 spiro atoms. The van der Waals surface area contributed by atoms with Crippen molar-refractivity contribution in [3.05, 3.63) is 12.7 Å². The highest BCUT2D eigenvalue weighted by Gasteiger charge is 2.25. The number of nitrogens with zero attached hydrogens (tertiary/aromatic N) is 2. The molecule has 0 saturated carbocycles. The molecule has 0 aliphatic heterocycles. The first-order valence-electron chi connectivity index (χ1n) is 5.83. The fourth-order valence-electron chi connectivity index (χ4n) is 1.65. The molecule has 0 aliphatic rings. The van der Waals surface area contributed by atoms with Crippen molar-refractivity contribution in [2.24, 2.45) is 0 Å². The van der Waals surface area contributed by atoms with Crippen molar-refractivity contribution in [3.63, 3.8) is 0 Å². The Balaban J connectivity index is 4.68. The van der Waals surface area contributed by atoms with E-state index in [0.29, 0.717) is 19.6 Å². The van der Waals surface area contributed by atoms with E-state index in [1.165, 1.54) is 0 Å². The highest BCUT2D eigenvalue weighted by molar-refractivity contribution is 5.82. The number of carboxylic acids is 1. The van der Waals surface area contributed by atoms with Crippen molar-refractivity contribution in [3.8, 4) is 0 Å². The van der Waals surface area contributed by atoms with Gasteiger partial charge in [-0.15, -0.1) is 6.58 Å². The highest BCUT2D eigenvalue weighted by atomic mass is 16.4. The maximum Gasteiger partial charge on any atom is 0.317 e. The molecule has 1 N–H and O–H groups in total. The molecule has 0 bridgehead atoms. The summed E-state index contributed by atoms with van der Waals surface area (Å²) in [7, 11) is 0. The van der Waals surface area contributed by atoms with Crippen molar-refractivity contribution >= 4 is 11.9 Å². The second-order valence-corrected chi connectivity index (χ2v) is 3.80. The molecular weight excluding hydrogens is 220 g/mol. The number of hydrogen-bond acceptors (Lipinski definition) is 3. The second kappa shape index (κ2) is 7.84. The van der Waals surface area contributed by atoms with E-state index >= 15 is 0 Å². The number of aliphatic carboxylic acids is 1. The summed E-state index contributed by atoms with van der Waals surface area (Å²) in [5.41, 5.74) is 0. The molecule has 17 heavy (non-hydrogen) atoms. The van der Waals surface area contributed by atoms with Crippen LogP contribution in [0.2, 0.25) is 0 Å². The molecule has 5 nitrogen and oxygen atoms in total. The molecule has 0 aromatic rings. The van der Waals surface area contributed by atoms with Gasteiger partial charge in [-0.3, -0.25) is 14.5 Å². The van der Waals surface area contributed by atoms with E-state index in [2.05, 4.69) is 6.58 Å². The highest BCUT2D eigenvalue weighted by Crippen LogP contribution is 2.04. The number of carboxylic acid groups (broad SMARTS) is 1. The first-order valence-corrected chi connectivity index (χ1v) is 5.83. The Labute approximate surface area is 103 Å². The van der Waals surface area contributed by atoms with E-state index in [9.17, 15) is 9.59 Å². The summed E-state index contributed by atoms with van der Waals surface area (Å²) in [6, 6.07) is -0.441. The van der Waals surface area contributed by atoms with Gasteiger partial charge in [-0.05, 0) is 20.8 Å². The van der Waals surface area contributed by atoms with E-state index < -0.39 is 12.0 Å². The standard InChI is InChI=1S/C12H22N2O3/c1-5-8-14(9-11(15)16)10(4)12(17)13(6-2)7-3/h5,10H,1,6-9H2,2-4H3,(H,15,16). The van der Waals surface area contributed by atoms with Crippen molar-refractivity contribution in [1.29, 1.82) is 0 Å². The molecule has 0 fully saturated rings. The SMILES string of the molecule is C=CCN(CC(=O)O)C(C)C(=O)N(CC)CC. The quantitative estimate of drug-likeness (QED) is 0.640. The predicted molar refractivity (Wildman–Crippen MR) is 66.8 cm³/mol. The molecule has 1 amide bonds. The van der Waals surface area contributed by atoms with Gasteiger partial charge in [-0.2, -0.15) is 0 Å². The van der Waals surface area contributed by atoms with Gasteiger partial charge in [0.2, 0.25) is 5.91 Å². The molecule has 0 aliphatic carbocycles. The lowest BCUT2D eigenvalue weighted by Gasteiger charge is -2.30. The number of amides is 1. The van der Waals surface area contributed by atoms with Crippen LogP contribution in [0, 0.1) is 0 Å². The number of rotatable bonds is 8. The molecule has 0 rings (SSSR count). The Kier molecular flexibility index (Phi) is 7.21. The summed E-state index contributed by atoms with van der Waals surface area (Å²) < 4.78 is 0. The average Bonchev–Trinajstić information content (AvgIpc) is 2.28. The van der Waals surface area contributed by atoms with E-state index in [1.54, 1.807) is 22.8 Å². The maximum absolute atomic E-state index is 12.1. The van der Waals surface area contributed by atoms with Crippen molar-refractivity contribution in [1.82, 2.24) is 9.80 Å². The van der Waals surface area contributed by atoms with Gasteiger partial charge in [0.05, 0.1) is 12.6 Å². The third-order valence-corrected chi connectivity index (χ3v) is 2.68. The third-order valence-electron chi connectivity index (χ3n) is 2.68. The molecule has 1 atom stereocenters. The maximum atomic E-state index is 12.1. The van der Waals surface area contributed by atoms with Gasteiger partial charge < -0.3 is 10.0 Å². The molecule has 5 heteroatoms. The average molecular weight is 242 g/mol. The Hall–Kier alpha value is -1.36. The lowest BCUT2D eigenvalue weighted by atomic mass is 10.2. The smallest absolute Gasteiger partial charge is 0.317 e. The largest absolute Gasteiger partial charge is 0.480 e. The van der Waals surface area contributed by atoms with Crippen molar-refractivity contribution < 1.29 is 14.7 Å². The van der Waals surface area contributed by atoms with Crippen molar-refractivity contribution in [2.75, 3.05) is 26.2 Å². The first kappa shape index (κ1) is 15.6. The lowest BCUT2D eigenvalue weighted by Crippen LogP contribution is -2.48. The summed E-state index contributed by atoms with van der Waals surface area (Å²) in [5, 5.41) is 8.79. The fraction of sp³-hybridized carbons (Fsp3) is 0.667. The fourth-order valence-corrected chi connectivity index (χ4v) is 1.65. The van der Waals surface area contributed by atoms with Crippen LogP contribution in [0.25, 0.3) is 0 Å². The molecule has 0 aromatic carbocycles. The first-order chi connectivity index (χ1) is 7.97. The van der Waals surface area contributed by atoms with Gasteiger partial charge in [-0.25, -0.2) is 0 Å². The Morgan fingerprint density at radius 1 is 1.35 bits per heavy atom. The van der Waals surface area contributed by atoms with Crippen LogP contribution >= 0.6 is 0 Å². The van der Waals surface area contributed by atoms with E-state index in [-0.39, 0.29) is 12.5 Å². The minimum Gasteiger partial charge on any atom is -0.480 e. The summed E-state index contributed by atoms with van der Waals surface area (Å²) in [5.74, 6) is -0.982. The van der Waals surface area contributed by atoms with Gasteiger partial charge in [0.15, 0.2) is 0 Å². The topological polar surface area (TPSA) is 60.9 Å². The zero-order valence-electron chi connectivity index (χ0n) is 10.8. The minimum absolute atomic E-state index is 0.0434. The van der Waals surface area contributed by atoms with Gasteiger partial charge in [0, 0.05) is 19.6 Å². The van der Waals surface area contributed by atoms with Crippen LogP contribution in [-0.2, 0) is 9.59 Å². The predicted octanol–water partition coefficient (Wildman–Crippen LogP) is 0.816. The lowest BCUT2D eigenvalue weighted by molar-refractivity contribution is -0.141. The molecule has 0 saturated heterocycles. The Bertz CT molecular complexity index is 275. The normalized spacial score (nSPS) is 12.2. The molecule has 98 valence electrons. The molecular formula is C12H22N2O3. The van der Waals surface area contributed by atoms with Crippen LogP contribution in [0.4, 0.5) is 0 Å². The number of hydrogen-bond donors (Lipinski definition) is 1. The van der Waals surface area contributed by atoms with Crippen LogP contribution in [0.3, 0.4) is 0 Å². The molecule has 0 aromatic heterocycles. The number of carbonyl (C=O) groups is 2. The summed E-state index contributed by atoms with van der Waals surface area (Å²) >= 11 is 0. The summed E-state index contributed by atoms with van der Waals surface area (Å²) in [6.07, 6.45) is 1.61. The van der Waals surface area contributed by atoms with E-state index in [4.69, 9.17) is 5.11 Å². The second-order valence-electron chi connectivity index (χ2n) is 3.80. The van der Waals surface area contributed by atoms with E-state index in [0.717, 1.165) is 0 Å². The van der Waals surface area contributed by atoms with Gasteiger partial charge >= 0.3 is 5.97 Å². The van der Waals surface area contributed by atoms with E-state index in [1.807, 2.05) is 13.8 Å². The monoisotopic (exact) mass is 242 g/mol. The molecule has 0 heterocycles. The van der Waals surface area contributed by atoms with Crippen LogP contribution < -0.4 is 0 Å². The van der Waals surface area contributed by atoms with Crippen LogP contribution in [0.5, 0.6) is 0 Å². The third kappa shape index (κ3) is 4.99. The van der Waals surface area contributed by atoms with Crippen LogP contribution in [-0.4, -0.2) is 59.0 Å². The number of likely N-dealkylation sites (N-methyl/N-ethyl adjacent to an activating group) is 1.